The Morgan fingerprint density at radius 2 is 1.79 bits per heavy atom. The Balaban J connectivity index is 2.33. The average Bonchev–Trinajstić information content (AvgIpc) is 2.65. The summed E-state index contributed by atoms with van der Waals surface area (Å²) >= 11 is 0. The van der Waals surface area contributed by atoms with Gasteiger partial charge in [0.05, 0.1) is 6.61 Å². The van der Waals surface area contributed by atoms with Gasteiger partial charge in [-0.25, -0.2) is 0 Å². The molecule has 14 heavy (non-hydrogen) atoms. The van der Waals surface area contributed by atoms with E-state index in [1.807, 2.05) is 0 Å². The van der Waals surface area contributed by atoms with Crippen molar-refractivity contribution in [1.29, 1.82) is 0 Å². The van der Waals surface area contributed by atoms with Gasteiger partial charge in [-0.3, -0.25) is 0 Å². The van der Waals surface area contributed by atoms with Crippen molar-refractivity contribution in [2.45, 2.75) is 58.5 Å². The summed E-state index contributed by atoms with van der Waals surface area (Å²) in [4.78, 5) is 0. The summed E-state index contributed by atoms with van der Waals surface area (Å²) in [6, 6.07) is 0.836. The van der Waals surface area contributed by atoms with Crippen LogP contribution in [0.2, 0.25) is 0 Å². The SMILES string of the molecule is CC(C)C(CO)NC(C)C1CCCC1. The largest absolute Gasteiger partial charge is 0.395 e. The monoisotopic (exact) mass is 199 g/mol. The van der Waals surface area contributed by atoms with E-state index in [1.165, 1.54) is 25.7 Å². The third-order valence-electron chi connectivity index (χ3n) is 3.59. The van der Waals surface area contributed by atoms with Gasteiger partial charge in [-0.15, -0.1) is 0 Å². The fourth-order valence-electron chi connectivity index (χ4n) is 2.39. The van der Waals surface area contributed by atoms with Gasteiger partial charge in [-0.05, 0) is 31.6 Å². The van der Waals surface area contributed by atoms with E-state index < -0.39 is 0 Å². The van der Waals surface area contributed by atoms with Crippen molar-refractivity contribution in [2.75, 3.05) is 6.61 Å². The number of hydrogen-bond acceptors (Lipinski definition) is 2. The molecular weight excluding hydrogens is 174 g/mol. The molecule has 1 saturated carbocycles. The van der Waals surface area contributed by atoms with Crippen LogP contribution < -0.4 is 5.32 Å². The predicted molar refractivity (Wildman–Crippen MR) is 60.3 cm³/mol. The van der Waals surface area contributed by atoms with E-state index in [9.17, 15) is 5.11 Å². The molecule has 0 radical (unpaired) electrons. The fraction of sp³-hybridized carbons (Fsp3) is 1.00. The van der Waals surface area contributed by atoms with Crippen LogP contribution in [0.25, 0.3) is 0 Å². The standard InChI is InChI=1S/C12H25NO/c1-9(2)12(8-14)13-10(3)11-6-4-5-7-11/h9-14H,4-8H2,1-3H3. The summed E-state index contributed by atoms with van der Waals surface area (Å²) < 4.78 is 0. The van der Waals surface area contributed by atoms with E-state index in [4.69, 9.17) is 0 Å². The predicted octanol–water partition coefficient (Wildman–Crippen LogP) is 2.17. The van der Waals surface area contributed by atoms with Crippen LogP contribution in [0.3, 0.4) is 0 Å². The van der Waals surface area contributed by atoms with Gasteiger partial charge in [0.15, 0.2) is 0 Å². The Labute approximate surface area is 88.1 Å². The Bertz CT molecular complexity index is 152. The quantitative estimate of drug-likeness (QED) is 0.711. The summed E-state index contributed by atoms with van der Waals surface area (Å²) in [5.74, 6) is 1.35. The molecule has 0 aromatic rings. The molecule has 84 valence electrons. The van der Waals surface area contributed by atoms with Crippen LogP contribution in [0.1, 0.15) is 46.5 Å². The molecule has 2 heteroatoms. The fourth-order valence-corrected chi connectivity index (χ4v) is 2.39. The highest BCUT2D eigenvalue weighted by Crippen LogP contribution is 2.27. The molecule has 2 unspecified atom stereocenters. The maximum Gasteiger partial charge on any atom is 0.0587 e. The van der Waals surface area contributed by atoms with Crippen LogP contribution >= 0.6 is 0 Å². The van der Waals surface area contributed by atoms with Gasteiger partial charge in [-0.1, -0.05) is 26.7 Å². The molecule has 0 aliphatic heterocycles. The first kappa shape index (κ1) is 12.0. The Kier molecular flexibility index (Phi) is 4.90. The van der Waals surface area contributed by atoms with Gasteiger partial charge >= 0.3 is 0 Å². The lowest BCUT2D eigenvalue weighted by atomic mass is 9.96. The molecule has 1 fully saturated rings. The smallest absolute Gasteiger partial charge is 0.0587 e. The van der Waals surface area contributed by atoms with Gasteiger partial charge < -0.3 is 10.4 Å². The van der Waals surface area contributed by atoms with Gasteiger partial charge in [0.1, 0.15) is 0 Å². The van der Waals surface area contributed by atoms with Crippen molar-refractivity contribution in [2.24, 2.45) is 11.8 Å². The highest BCUT2D eigenvalue weighted by molar-refractivity contribution is 4.81. The highest BCUT2D eigenvalue weighted by Gasteiger charge is 2.24. The summed E-state index contributed by atoms with van der Waals surface area (Å²) in [5, 5.41) is 12.8. The summed E-state index contributed by atoms with van der Waals surface area (Å²) in [7, 11) is 0. The second-order valence-electron chi connectivity index (χ2n) is 5.03. The number of aliphatic hydroxyl groups is 1. The molecule has 0 aromatic heterocycles. The number of aliphatic hydroxyl groups excluding tert-OH is 1. The maximum absolute atomic E-state index is 9.23. The van der Waals surface area contributed by atoms with Crippen molar-refractivity contribution in [1.82, 2.24) is 5.32 Å². The minimum atomic E-state index is 0.259. The Hall–Kier alpha value is -0.0800. The van der Waals surface area contributed by atoms with Crippen LogP contribution in [-0.4, -0.2) is 23.8 Å². The van der Waals surface area contributed by atoms with Crippen molar-refractivity contribution >= 4 is 0 Å². The van der Waals surface area contributed by atoms with Crippen molar-refractivity contribution < 1.29 is 5.11 Å². The zero-order valence-electron chi connectivity index (χ0n) is 9.79. The minimum absolute atomic E-state index is 0.259. The van der Waals surface area contributed by atoms with Crippen LogP contribution in [-0.2, 0) is 0 Å². The van der Waals surface area contributed by atoms with E-state index in [0.717, 1.165) is 5.92 Å². The van der Waals surface area contributed by atoms with E-state index in [-0.39, 0.29) is 12.6 Å². The number of rotatable bonds is 5. The molecule has 0 aromatic carbocycles. The van der Waals surface area contributed by atoms with E-state index in [1.54, 1.807) is 0 Å². The first-order valence-corrected chi connectivity index (χ1v) is 6.02. The van der Waals surface area contributed by atoms with Crippen LogP contribution in [0.15, 0.2) is 0 Å². The molecule has 0 bridgehead atoms. The molecule has 0 spiro atoms. The van der Waals surface area contributed by atoms with Crippen molar-refractivity contribution in [3.8, 4) is 0 Å². The molecule has 0 heterocycles. The van der Waals surface area contributed by atoms with Gasteiger partial charge in [0, 0.05) is 12.1 Å². The molecule has 1 aliphatic carbocycles. The lowest BCUT2D eigenvalue weighted by molar-refractivity contribution is 0.188. The Morgan fingerprint density at radius 3 is 2.21 bits per heavy atom. The third kappa shape index (κ3) is 3.25. The van der Waals surface area contributed by atoms with Gasteiger partial charge in [0.2, 0.25) is 0 Å². The molecule has 2 nitrogen and oxygen atoms in total. The van der Waals surface area contributed by atoms with E-state index in [0.29, 0.717) is 12.0 Å². The normalized spacial score (nSPS) is 22.9. The zero-order valence-corrected chi connectivity index (χ0v) is 9.79. The molecule has 2 N–H and O–H groups in total. The summed E-state index contributed by atoms with van der Waals surface area (Å²) in [6.45, 7) is 6.85. The maximum atomic E-state index is 9.23. The first-order valence-electron chi connectivity index (χ1n) is 6.02. The molecular formula is C12H25NO. The second-order valence-corrected chi connectivity index (χ2v) is 5.03. The molecule has 1 rings (SSSR count). The van der Waals surface area contributed by atoms with Crippen molar-refractivity contribution in [3.05, 3.63) is 0 Å². The van der Waals surface area contributed by atoms with Crippen LogP contribution in [0.4, 0.5) is 0 Å². The number of hydrogen-bond donors (Lipinski definition) is 2. The zero-order chi connectivity index (χ0) is 10.6. The molecule has 1 aliphatic rings. The topological polar surface area (TPSA) is 32.3 Å². The Morgan fingerprint density at radius 1 is 1.21 bits per heavy atom. The molecule has 0 amide bonds. The summed E-state index contributed by atoms with van der Waals surface area (Å²) in [6.07, 6.45) is 5.51. The molecule has 2 atom stereocenters. The van der Waals surface area contributed by atoms with Crippen LogP contribution in [0.5, 0.6) is 0 Å². The average molecular weight is 199 g/mol. The summed E-state index contributed by atoms with van der Waals surface area (Å²) in [5.41, 5.74) is 0. The number of nitrogens with one attached hydrogen (secondary N) is 1. The van der Waals surface area contributed by atoms with E-state index in [2.05, 4.69) is 26.1 Å². The van der Waals surface area contributed by atoms with Gasteiger partial charge in [0.25, 0.3) is 0 Å². The third-order valence-corrected chi connectivity index (χ3v) is 3.59. The lowest BCUT2D eigenvalue weighted by Crippen LogP contribution is -2.45. The van der Waals surface area contributed by atoms with Crippen molar-refractivity contribution in [3.63, 3.8) is 0 Å². The highest BCUT2D eigenvalue weighted by atomic mass is 16.3. The van der Waals surface area contributed by atoms with Gasteiger partial charge in [-0.2, -0.15) is 0 Å². The lowest BCUT2D eigenvalue weighted by Gasteiger charge is -2.28. The van der Waals surface area contributed by atoms with Crippen LogP contribution in [0, 0.1) is 11.8 Å². The first-order chi connectivity index (χ1) is 6.65. The second kappa shape index (κ2) is 5.72. The molecule has 0 saturated heterocycles. The van der Waals surface area contributed by atoms with E-state index >= 15 is 0 Å². The minimum Gasteiger partial charge on any atom is -0.395 e.